The van der Waals surface area contributed by atoms with Gasteiger partial charge in [-0.2, -0.15) is 4.72 Å². The summed E-state index contributed by atoms with van der Waals surface area (Å²) in [6, 6.07) is 7.57. The molecule has 0 unspecified atom stereocenters. The van der Waals surface area contributed by atoms with Crippen LogP contribution in [-0.2, 0) is 14.8 Å². The van der Waals surface area contributed by atoms with Gasteiger partial charge in [0.25, 0.3) is 0 Å². The summed E-state index contributed by atoms with van der Waals surface area (Å²) in [6.07, 6.45) is 0. The lowest BCUT2D eigenvalue weighted by molar-refractivity contribution is -0.140. The number of benzene rings is 2. The number of amides is 2. The van der Waals surface area contributed by atoms with Crippen molar-refractivity contribution in [3.8, 4) is 0 Å². The first-order chi connectivity index (χ1) is 16.5. The molecule has 0 saturated heterocycles. The fourth-order valence-corrected chi connectivity index (χ4v) is 5.00. The van der Waals surface area contributed by atoms with Crippen molar-refractivity contribution < 1.29 is 32.1 Å². The molecule has 0 fully saturated rings. The number of aliphatic carboxylic acids is 1. The summed E-state index contributed by atoms with van der Waals surface area (Å²) in [5.41, 5.74) is 2.32. The van der Waals surface area contributed by atoms with Crippen LogP contribution in [0.5, 0.6) is 0 Å². The molecular formula is C23H24N4O7S. The number of aryl methyl sites for hydroxylation is 2. The first kappa shape index (κ1) is 24.2. The van der Waals surface area contributed by atoms with Crippen LogP contribution in [0.3, 0.4) is 0 Å². The van der Waals surface area contributed by atoms with Crippen LogP contribution in [0.15, 0.2) is 50.2 Å². The lowest BCUT2D eigenvalue weighted by Gasteiger charge is -2.17. The predicted molar refractivity (Wildman–Crippen MR) is 129 cm³/mol. The second-order valence-electron chi connectivity index (χ2n) is 8.43. The van der Waals surface area contributed by atoms with Gasteiger partial charge in [-0.3, -0.25) is 4.79 Å². The fourth-order valence-electron chi connectivity index (χ4n) is 3.65. The van der Waals surface area contributed by atoms with Gasteiger partial charge < -0.3 is 24.7 Å². The van der Waals surface area contributed by atoms with E-state index in [1.54, 1.807) is 52.0 Å². The Kier molecular flexibility index (Phi) is 6.26. The lowest BCUT2D eigenvalue weighted by Crippen LogP contribution is -2.44. The number of nitrogens with one attached hydrogen (secondary N) is 3. The summed E-state index contributed by atoms with van der Waals surface area (Å²) < 4.78 is 38.6. The lowest BCUT2D eigenvalue weighted by atomic mass is 10.1. The maximum Gasteiger partial charge on any atom is 0.323 e. The average Bonchev–Trinajstić information content (AvgIpc) is 3.31. The standard InChI is InChI=1S/C23H24N4O7S/c1-11(2)20(22(28)29)27-35(31,32)15-6-7-16-17-9-14(5-8-18(17)33-19(16)10-15)24-23(30)25-21-12(3)26-34-13(21)4/h5-11,20,27H,1-4H3,(H,28,29)(H2,24,25,30)/t20-/m0/s1. The molecule has 0 saturated carbocycles. The van der Waals surface area contributed by atoms with Gasteiger partial charge in [0, 0.05) is 22.5 Å². The normalized spacial score (nSPS) is 12.8. The van der Waals surface area contributed by atoms with Gasteiger partial charge in [-0.15, -0.1) is 0 Å². The molecule has 0 radical (unpaired) electrons. The first-order valence-corrected chi connectivity index (χ1v) is 12.2. The van der Waals surface area contributed by atoms with Crippen LogP contribution in [0.25, 0.3) is 21.9 Å². The zero-order chi connectivity index (χ0) is 25.5. The number of sulfonamides is 1. The second kappa shape index (κ2) is 9.04. The van der Waals surface area contributed by atoms with Crippen molar-refractivity contribution in [3.05, 3.63) is 47.9 Å². The van der Waals surface area contributed by atoms with E-state index in [4.69, 9.17) is 8.94 Å². The first-order valence-electron chi connectivity index (χ1n) is 10.7. The van der Waals surface area contributed by atoms with E-state index in [-0.39, 0.29) is 4.90 Å². The largest absolute Gasteiger partial charge is 0.480 e. The van der Waals surface area contributed by atoms with E-state index in [9.17, 15) is 23.1 Å². The number of carbonyl (C=O) groups excluding carboxylic acids is 1. The molecule has 0 aliphatic heterocycles. The molecule has 11 nitrogen and oxygen atoms in total. The fraction of sp³-hybridized carbons (Fsp3) is 0.261. The molecule has 0 aliphatic carbocycles. The molecule has 0 bridgehead atoms. The Bertz CT molecular complexity index is 1530. The topological polar surface area (TPSA) is 164 Å². The maximum atomic E-state index is 12.8. The van der Waals surface area contributed by atoms with Crippen molar-refractivity contribution in [3.63, 3.8) is 0 Å². The highest BCUT2D eigenvalue weighted by molar-refractivity contribution is 7.89. The molecule has 2 amide bonds. The van der Waals surface area contributed by atoms with E-state index in [1.807, 2.05) is 0 Å². The number of carboxylic acid groups (broad SMARTS) is 1. The summed E-state index contributed by atoms with van der Waals surface area (Å²) in [5, 5.41) is 19.8. The van der Waals surface area contributed by atoms with Crippen LogP contribution in [0.4, 0.5) is 16.2 Å². The molecular weight excluding hydrogens is 476 g/mol. The Balaban J connectivity index is 1.61. The van der Waals surface area contributed by atoms with Crippen molar-refractivity contribution in [2.45, 2.75) is 38.6 Å². The summed E-state index contributed by atoms with van der Waals surface area (Å²) in [5.74, 6) is -1.22. The molecule has 4 rings (SSSR count). The van der Waals surface area contributed by atoms with Crippen molar-refractivity contribution >= 4 is 55.3 Å². The molecule has 35 heavy (non-hydrogen) atoms. The Labute approximate surface area is 200 Å². The Morgan fingerprint density at radius 2 is 1.74 bits per heavy atom. The predicted octanol–water partition coefficient (Wildman–Crippen LogP) is 4.22. The Morgan fingerprint density at radius 3 is 2.37 bits per heavy atom. The highest BCUT2D eigenvalue weighted by Gasteiger charge is 2.28. The van der Waals surface area contributed by atoms with E-state index < -0.39 is 34.0 Å². The third-order valence-corrected chi connectivity index (χ3v) is 6.94. The van der Waals surface area contributed by atoms with Crippen LogP contribution in [0.2, 0.25) is 0 Å². The quantitative estimate of drug-likeness (QED) is 0.293. The molecule has 12 heteroatoms. The van der Waals surface area contributed by atoms with E-state index in [0.29, 0.717) is 44.8 Å². The smallest absolute Gasteiger partial charge is 0.323 e. The number of urea groups is 1. The van der Waals surface area contributed by atoms with Crippen molar-refractivity contribution in [1.82, 2.24) is 9.88 Å². The Hall–Kier alpha value is -3.90. The molecule has 2 heterocycles. The van der Waals surface area contributed by atoms with Crippen LogP contribution < -0.4 is 15.4 Å². The average molecular weight is 501 g/mol. The number of nitrogens with zero attached hydrogens (tertiary/aromatic N) is 1. The van der Waals surface area contributed by atoms with Gasteiger partial charge in [0.1, 0.15) is 28.6 Å². The van der Waals surface area contributed by atoms with Crippen LogP contribution in [0, 0.1) is 19.8 Å². The van der Waals surface area contributed by atoms with Gasteiger partial charge in [0.15, 0.2) is 5.76 Å². The van der Waals surface area contributed by atoms with Crippen LogP contribution in [-0.4, -0.2) is 36.7 Å². The van der Waals surface area contributed by atoms with E-state index in [2.05, 4.69) is 20.5 Å². The molecule has 4 aromatic rings. The van der Waals surface area contributed by atoms with Gasteiger partial charge >= 0.3 is 12.0 Å². The van der Waals surface area contributed by atoms with Gasteiger partial charge in [-0.25, -0.2) is 13.2 Å². The molecule has 0 spiro atoms. The number of carbonyl (C=O) groups is 2. The SMILES string of the molecule is Cc1noc(C)c1NC(=O)Nc1ccc2oc3cc(S(=O)(=O)N[C@H](C(=O)O)C(C)C)ccc3c2c1. The molecule has 184 valence electrons. The van der Waals surface area contributed by atoms with Crippen molar-refractivity contribution in [2.24, 2.45) is 5.92 Å². The molecule has 2 aromatic carbocycles. The van der Waals surface area contributed by atoms with Crippen LogP contribution in [0.1, 0.15) is 25.3 Å². The number of anilines is 2. The van der Waals surface area contributed by atoms with Gasteiger partial charge in [0.2, 0.25) is 10.0 Å². The summed E-state index contributed by atoms with van der Waals surface area (Å²) >= 11 is 0. The number of fused-ring (bicyclic) bond motifs is 3. The number of rotatable bonds is 7. The molecule has 0 aliphatic rings. The molecule has 2 aromatic heterocycles. The molecule has 1 atom stereocenters. The maximum absolute atomic E-state index is 12.8. The third kappa shape index (κ3) is 4.84. The zero-order valence-electron chi connectivity index (χ0n) is 19.4. The zero-order valence-corrected chi connectivity index (χ0v) is 20.2. The minimum atomic E-state index is -4.10. The van der Waals surface area contributed by atoms with Crippen molar-refractivity contribution in [2.75, 3.05) is 10.6 Å². The van der Waals surface area contributed by atoms with E-state index >= 15 is 0 Å². The third-order valence-electron chi connectivity index (χ3n) is 5.50. The minimum absolute atomic E-state index is 0.117. The van der Waals surface area contributed by atoms with Crippen molar-refractivity contribution in [1.29, 1.82) is 0 Å². The van der Waals surface area contributed by atoms with Gasteiger partial charge in [-0.05, 0) is 50.1 Å². The van der Waals surface area contributed by atoms with E-state index in [0.717, 1.165) is 0 Å². The summed E-state index contributed by atoms with van der Waals surface area (Å²) in [7, 11) is -4.10. The summed E-state index contributed by atoms with van der Waals surface area (Å²) in [4.78, 5) is 23.7. The second-order valence-corrected chi connectivity index (χ2v) is 10.1. The number of furan rings is 1. The number of aromatic nitrogens is 1. The van der Waals surface area contributed by atoms with Gasteiger partial charge in [0.05, 0.1) is 4.90 Å². The highest BCUT2D eigenvalue weighted by Crippen LogP contribution is 2.32. The van der Waals surface area contributed by atoms with E-state index in [1.165, 1.54) is 12.1 Å². The van der Waals surface area contributed by atoms with Gasteiger partial charge in [-0.1, -0.05) is 19.0 Å². The number of carboxylic acids is 1. The molecule has 4 N–H and O–H groups in total. The highest BCUT2D eigenvalue weighted by atomic mass is 32.2. The Morgan fingerprint density at radius 1 is 1.00 bits per heavy atom. The number of hydrogen-bond donors (Lipinski definition) is 4. The van der Waals surface area contributed by atoms with Crippen LogP contribution >= 0.6 is 0 Å². The number of hydrogen-bond acceptors (Lipinski definition) is 7. The summed E-state index contributed by atoms with van der Waals surface area (Å²) in [6.45, 7) is 6.63. The minimum Gasteiger partial charge on any atom is -0.480 e. The monoisotopic (exact) mass is 500 g/mol.